The van der Waals surface area contributed by atoms with E-state index in [0.717, 1.165) is 48.4 Å². The molecule has 0 unspecified atom stereocenters. The molecule has 2 amide bonds. The van der Waals surface area contributed by atoms with Crippen molar-refractivity contribution in [2.75, 3.05) is 11.9 Å². The molecule has 0 aliphatic heterocycles. The van der Waals surface area contributed by atoms with Gasteiger partial charge in [0.15, 0.2) is 0 Å². The number of hydrogen-bond acceptors (Lipinski definition) is 6. The second-order valence-corrected chi connectivity index (χ2v) is 8.44. The lowest BCUT2D eigenvalue weighted by atomic mass is 9.95. The largest absolute Gasteiger partial charge is 0.463 e. The molecule has 1 aromatic heterocycles. The van der Waals surface area contributed by atoms with Crippen molar-refractivity contribution in [3.05, 3.63) is 51.7 Å². The lowest BCUT2D eigenvalue weighted by molar-refractivity contribution is -0.204. The number of primary amides is 1. The predicted octanol–water partition coefficient (Wildman–Crippen LogP) is 3.53. The van der Waals surface area contributed by atoms with Gasteiger partial charge in [0.25, 0.3) is 11.8 Å². The van der Waals surface area contributed by atoms with Gasteiger partial charge in [-0.25, -0.2) is 9.18 Å². The van der Waals surface area contributed by atoms with Crippen LogP contribution in [0.15, 0.2) is 24.3 Å². The summed E-state index contributed by atoms with van der Waals surface area (Å²) >= 11 is 0.873. The maximum Gasteiger partial charge on any atom is 0.441 e. The number of fused-ring (bicyclic) bond motifs is 1. The van der Waals surface area contributed by atoms with Crippen molar-refractivity contribution in [3.8, 4) is 0 Å². The highest BCUT2D eigenvalue weighted by Gasteiger charge is 2.64. The first-order chi connectivity index (χ1) is 15.5. The number of aryl methyl sites for hydroxylation is 1. The molecule has 12 heteroatoms. The molecule has 4 N–H and O–H groups in total. The van der Waals surface area contributed by atoms with Gasteiger partial charge >= 0.3 is 17.8 Å². The quantitative estimate of drug-likeness (QED) is 0.314. The molecule has 1 aromatic carbocycles. The highest BCUT2D eigenvalue weighted by Crippen LogP contribution is 2.42. The van der Waals surface area contributed by atoms with E-state index in [9.17, 15) is 31.9 Å². The molecule has 1 heterocycles. The Bertz CT molecular complexity index is 1070. The smallest absolute Gasteiger partial charge is 0.441 e. The van der Waals surface area contributed by atoms with Gasteiger partial charge in [0.2, 0.25) is 0 Å². The van der Waals surface area contributed by atoms with E-state index in [4.69, 9.17) is 5.73 Å². The SMILES string of the molecule is CCOC(=O)[C@@](NC(=O)c1ccc(F)cc1)(Nc1sc2c(c1C(N)=O)CCCC2)C(F)(F)F. The Morgan fingerprint density at radius 3 is 2.33 bits per heavy atom. The monoisotopic (exact) mass is 487 g/mol. The molecule has 1 atom stereocenters. The minimum atomic E-state index is -5.39. The van der Waals surface area contributed by atoms with Crippen LogP contribution in [0.2, 0.25) is 0 Å². The van der Waals surface area contributed by atoms with Gasteiger partial charge in [-0.05, 0) is 62.4 Å². The van der Waals surface area contributed by atoms with Gasteiger partial charge in [-0.2, -0.15) is 13.2 Å². The van der Waals surface area contributed by atoms with Crippen molar-refractivity contribution >= 4 is 34.1 Å². The maximum atomic E-state index is 14.4. The molecule has 0 bridgehead atoms. The second kappa shape index (κ2) is 9.38. The minimum Gasteiger partial charge on any atom is -0.463 e. The second-order valence-electron chi connectivity index (χ2n) is 7.33. The van der Waals surface area contributed by atoms with Crippen LogP contribution in [-0.2, 0) is 22.4 Å². The van der Waals surface area contributed by atoms with E-state index >= 15 is 0 Å². The van der Waals surface area contributed by atoms with E-state index in [0.29, 0.717) is 23.3 Å². The van der Waals surface area contributed by atoms with Crippen LogP contribution >= 0.6 is 11.3 Å². The Hall–Kier alpha value is -3.15. The zero-order valence-electron chi connectivity index (χ0n) is 17.5. The van der Waals surface area contributed by atoms with Gasteiger partial charge in [0, 0.05) is 10.4 Å². The fraction of sp³-hybridized carbons (Fsp3) is 0.381. The van der Waals surface area contributed by atoms with Crippen LogP contribution in [0, 0.1) is 5.82 Å². The number of carbonyl (C=O) groups excluding carboxylic acids is 3. The highest BCUT2D eigenvalue weighted by atomic mass is 32.1. The first kappa shape index (κ1) is 24.5. The van der Waals surface area contributed by atoms with E-state index in [2.05, 4.69) is 4.74 Å². The molecule has 0 fully saturated rings. The van der Waals surface area contributed by atoms with Crippen LogP contribution in [0.5, 0.6) is 0 Å². The molecule has 0 saturated heterocycles. The Kier molecular flexibility index (Phi) is 6.96. The van der Waals surface area contributed by atoms with Crippen LogP contribution < -0.4 is 16.4 Å². The number of esters is 1. The van der Waals surface area contributed by atoms with Gasteiger partial charge in [-0.3, -0.25) is 9.59 Å². The van der Waals surface area contributed by atoms with Crippen molar-refractivity contribution in [3.63, 3.8) is 0 Å². The number of benzene rings is 1. The average Bonchev–Trinajstić information content (AvgIpc) is 3.10. The summed E-state index contributed by atoms with van der Waals surface area (Å²) in [6.07, 6.45) is -2.88. The lowest BCUT2D eigenvalue weighted by Crippen LogP contribution is -2.69. The summed E-state index contributed by atoms with van der Waals surface area (Å²) in [6, 6.07) is 3.71. The molecule has 7 nitrogen and oxygen atoms in total. The van der Waals surface area contributed by atoms with E-state index in [1.165, 1.54) is 6.92 Å². The van der Waals surface area contributed by atoms with Gasteiger partial charge < -0.3 is 21.1 Å². The van der Waals surface area contributed by atoms with Crippen molar-refractivity contribution in [2.45, 2.75) is 44.4 Å². The number of nitrogens with one attached hydrogen (secondary N) is 2. The highest BCUT2D eigenvalue weighted by molar-refractivity contribution is 7.16. The summed E-state index contributed by atoms with van der Waals surface area (Å²) in [4.78, 5) is 38.1. The molecule has 0 spiro atoms. The number of halogens is 4. The van der Waals surface area contributed by atoms with Crippen molar-refractivity contribution in [1.29, 1.82) is 0 Å². The molecule has 0 saturated carbocycles. The van der Waals surface area contributed by atoms with E-state index in [-0.39, 0.29) is 16.1 Å². The Morgan fingerprint density at radius 2 is 1.76 bits per heavy atom. The predicted molar refractivity (Wildman–Crippen MR) is 112 cm³/mol. The van der Waals surface area contributed by atoms with Crippen LogP contribution in [0.3, 0.4) is 0 Å². The number of amides is 2. The number of carbonyl (C=O) groups is 3. The summed E-state index contributed by atoms with van der Waals surface area (Å²) in [5.74, 6) is -4.79. The van der Waals surface area contributed by atoms with E-state index < -0.39 is 42.0 Å². The van der Waals surface area contributed by atoms with Gasteiger partial charge in [0.05, 0.1) is 12.2 Å². The molecular formula is C21H21F4N3O4S. The van der Waals surface area contributed by atoms with Gasteiger partial charge in [-0.15, -0.1) is 11.3 Å². The van der Waals surface area contributed by atoms with Crippen LogP contribution in [0.25, 0.3) is 0 Å². The number of rotatable bonds is 7. The Balaban J connectivity index is 2.12. The fourth-order valence-electron chi connectivity index (χ4n) is 3.56. The third-order valence-corrected chi connectivity index (χ3v) is 6.34. The molecule has 1 aliphatic carbocycles. The summed E-state index contributed by atoms with van der Waals surface area (Å²) in [5, 5.41) is 3.42. The lowest BCUT2D eigenvalue weighted by Gasteiger charge is -2.35. The summed E-state index contributed by atoms with van der Waals surface area (Å²) in [6.45, 7) is 0.897. The summed E-state index contributed by atoms with van der Waals surface area (Å²) in [5.41, 5.74) is 1.79. The molecular weight excluding hydrogens is 466 g/mol. The fourth-order valence-corrected chi connectivity index (χ4v) is 4.91. The third kappa shape index (κ3) is 4.80. The number of ether oxygens (including phenoxy) is 1. The number of alkyl halides is 3. The van der Waals surface area contributed by atoms with Crippen molar-refractivity contribution < 1.29 is 36.7 Å². The van der Waals surface area contributed by atoms with Gasteiger partial charge in [-0.1, -0.05) is 0 Å². The zero-order valence-corrected chi connectivity index (χ0v) is 18.3. The van der Waals surface area contributed by atoms with Crippen LogP contribution in [0.1, 0.15) is 50.9 Å². The molecule has 178 valence electrons. The number of nitrogens with two attached hydrogens (primary N) is 1. The number of thiophene rings is 1. The van der Waals surface area contributed by atoms with E-state index in [1.807, 2.05) is 5.32 Å². The first-order valence-corrected chi connectivity index (χ1v) is 10.9. The van der Waals surface area contributed by atoms with Crippen molar-refractivity contribution in [2.24, 2.45) is 5.73 Å². The molecule has 3 rings (SSSR count). The minimum absolute atomic E-state index is 0.149. The maximum absolute atomic E-state index is 14.4. The summed E-state index contributed by atoms with van der Waals surface area (Å²) < 4.78 is 61.2. The first-order valence-electron chi connectivity index (χ1n) is 10.0. The zero-order chi connectivity index (χ0) is 24.4. The molecule has 1 aliphatic rings. The topological polar surface area (TPSA) is 111 Å². The molecule has 33 heavy (non-hydrogen) atoms. The molecule has 2 aromatic rings. The van der Waals surface area contributed by atoms with E-state index in [1.54, 1.807) is 5.32 Å². The van der Waals surface area contributed by atoms with Gasteiger partial charge in [0.1, 0.15) is 10.8 Å². The standard InChI is InChI=1S/C21H21F4N3O4S/c1-2-32-19(31)20(21(23,24)25,27-17(30)11-7-9-12(22)10-8-11)28-18-15(16(26)29)13-5-3-4-6-14(13)33-18/h7-10,28H,2-6H2,1H3,(H2,26,29)(H,27,30)/t20-/m1/s1. The summed E-state index contributed by atoms with van der Waals surface area (Å²) in [7, 11) is 0. The van der Waals surface area contributed by atoms with Crippen LogP contribution in [-0.4, -0.2) is 36.2 Å². The Morgan fingerprint density at radius 1 is 1.12 bits per heavy atom. The number of hydrogen-bond donors (Lipinski definition) is 3. The average molecular weight is 487 g/mol. The van der Waals surface area contributed by atoms with Crippen molar-refractivity contribution in [1.82, 2.24) is 5.32 Å². The normalized spacial score (nSPS) is 15.2. The van der Waals surface area contributed by atoms with Crippen LogP contribution in [0.4, 0.5) is 22.6 Å². The number of anilines is 1. The third-order valence-electron chi connectivity index (χ3n) is 5.13. The Labute approximate surface area is 190 Å². The molecule has 0 radical (unpaired) electrons.